The third-order valence-electron chi connectivity index (χ3n) is 2.08. The number of halogens is 1. The maximum atomic E-state index is 12.6. The third-order valence-corrected chi connectivity index (χ3v) is 2.08. The van der Waals surface area contributed by atoms with E-state index in [0.29, 0.717) is 12.0 Å². The molecule has 1 N–H and O–H groups in total. The van der Waals surface area contributed by atoms with Gasteiger partial charge in [-0.25, -0.2) is 4.39 Å². The van der Waals surface area contributed by atoms with E-state index in [-0.39, 0.29) is 5.82 Å². The molecule has 14 heavy (non-hydrogen) atoms. The van der Waals surface area contributed by atoms with Crippen LogP contribution < -0.4 is 5.32 Å². The maximum Gasteiger partial charge on any atom is 0.123 e. The van der Waals surface area contributed by atoms with Crippen molar-refractivity contribution in [2.75, 3.05) is 5.32 Å². The molecule has 0 amide bonds. The van der Waals surface area contributed by atoms with Crippen molar-refractivity contribution in [2.45, 2.75) is 33.2 Å². The van der Waals surface area contributed by atoms with Gasteiger partial charge in [0.25, 0.3) is 0 Å². The molecule has 0 aliphatic carbocycles. The smallest absolute Gasteiger partial charge is 0.123 e. The highest BCUT2D eigenvalue weighted by molar-refractivity contribution is 5.43. The van der Waals surface area contributed by atoms with Crippen molar-refractivity contribution in [3.63, 3.8) is 0 Å². The molecule has 0 aliphatic rings. The first-order chi connectivity index (χ1) is 6.58. The number of anilines is 1. The Kier molecular flexibility index (Phi) is 3.93. The van der Waals surface area contributed by atoms with Crippen molar-refractivity contribution < 1.29 is 4.39 Å². The maximum absolute atomic E-state index is 12.6. The fourth-order valence-electron chi connectivity index (χ4n) is 1.60. The lowest BCUT2D eigenvalue weighted by Gasteiger charge is -2.17. The summed E-state index contributed by atoms with van der Waals surface area (Å²) in [7, 11) is 0. The normalized spacial score (nSPS) is 12.9. The molecule has 1 unspecified atom stereocenters. The zero-order valence-electron chi connectivity index (χ0n) is 9.05. The van der Waals surface area contributed by atoms with Crippen LogP contribution >= 0.6 is 0 Å². The zero-order chi connectivity index (χ0) is 10.6. The summed E-state index contributed by atoms with van der Waals surface area (Å²) in [5.41, 5.74) is 0.986. The van der Waals surface area contributed by atoms with Gasteiger partial charge in [-0.2, -0.15) is 0 Å². The SMILES string of the molecule is CC(C)CC(C)Nc1ccc(F)cc1. The van der Waals surface area contributed by atoms with Crippen molar-refractivity contribution in [3.05, 3.63) is 30.1 Å². The Hall–Kier alpha value is -1.05. The van der Waals surface area contributed by atoms with Crippen molar-refractivity contribution in [1.82, 2.24) is 0 Å². The first-order valence-electron chi connectivity index (χ1n) is 5.10. The van der Waals surface area contributed by atoms with Crippen molar-refractivity contribution in [1.29, 1.82) is 0 Å². The average molecular weight is 195 g/mol. The van der Waals surface area contributed by atoms with Crippen LogP contribution in [0.2, 0.25) is 0 Å². The minimum absolute atomic E-state index is 0.188. The summed E-state index contributed by atoms with van der Waals surface area (Å²) in [5, 5.41) is 3.33. The van der Waals surface area contributed by atoms with Gasteiger partial charge in [-0.3, -0.25) is 0 Å². The molecule has 0 saturated carbocycles. The second-order valence-corrected chi connectivity index (χ2v) is 4.18. The topological polar surface area (TPSA) is 12.0 Å². The van der Waals surface area contributed by atoms with Gasteiger partial charge in [0, 0.05) is 11.7 Å². The summed E-state index contributed by atoms with van der Waals surface area (Å²) >= 11 is 0. The lowest BCUT2D eigenvalue weighted by molar-refractivity contribution is 0.539. The van der Waals surface area contributed by atoms with Crippen molar-refractivity contribution in [2.24, 2.45) is 5.92 Å². The van der Waals surface area contributed by atoms with Crippen LogP contribution in [0.25, 0.3) is 0 Å². The summed E-state index contributed by atoms with van der Waals surface area (Å²) in [6.07, 6.45) is 1.12. The van der Waals surface area contributed by atoms with Crippen LogP contribution in [-0.4, -0.2) is 6.04 Å². The Labute approximate surface area is 85.3 Å². The fourth-order valence-corrected chi connectivity index (χ4v) is 1.60. The van der Waals surface area contributed by atoms with Crippen molar-refractivity contribution >= 4 is 5.69 Å². The lowest BCUT2D eigenvalue weighted by Crippen LogP contribution is -2.17. The van der Waals surface area contributed by atoms with E-state index in [2.05, 4.69) is 26.1 Å². The van der Waals surface area contributed by atoms with Gasteiger partial charge in [0.05, 0.1) is 0 Å². The molecule has 78 valence electrons. The van der Waals surface area contributed by atoms with E-state index < -0.39 is 0 Å². The molecular weight excluding hydrogens is 177 g/mol. The molecule has 1 nitrogen and oxygen atoms in total. The minimum atomic E-state index is -0.188. The molecule has 0 aliphatic heterocycles. The van der Waals surface area contributed by atoms with Crippen LogP contribution in [-0.2, 0) is 0 Å². The van der Waals surface area contributed by atoms with E-state index in [9.17, 15) is 4.39 Å². The van der Waals surface area contributed by atoms with Crippen LogP contribution in [0.15, 0.2) is 24.3 Å². The molecule has 1 aromatic carbocycles. The van der Waals surface area contributed by atoms with E-state index in [0.717, 1.165) is 12.1 Å². The first kappa shape index (κ1) is 11.0. The van der Waals surface area contributed by atoms with Gasteiger partial charge in [-0.1, -0.05) is 13.8 Å². The molecule has 0 saturated heterocycles. The standard InChI is InChI=1S/C12H18FN/c1-9(2)8-10(3)14-12-6-4-11(13)5-7-12/h4-7,9-10,14H,8H2,1-3H3. The van der Waals surface area contributed by atoms with E-state index in [4.69, 9.17) is 0 Å². The molecule has 0 spiro atoms. The monoisotopic (exact) mass is 195 g/mol. The van der Waals surface area contributed by atoms with Crippen LogP contribution in [0.4, 0.5) is 10.1 Å². The number of nitrogens with one attached hydrogen (secondary N) is 1. The minimum Gasteiger partial charge on any atom is -0.383 e. The van der Waals surface area contributed by atoms with Crippen LogP contribution in [0.3, 0.4) is 0 Å². The zero-order valence-corrected chi connectivity index (χ0v) is 9.05. The second kappa shape index (κ2) is 4.99. The van der Waals surface area contributed by atoms with Gasteiger partial charge in [0.2, 0.25) is 0 Å². The largest absolute Gasteiger partial charge is 0.383 e. The predicted molar refractivity (Wildman–Crippen MR) is 58.9 cm³/mol. The highest BCUT2D eigenvalue weighted by Crippen LogP contribution is 2.13. The molecule has 1 aromatic rings. The Morgan fingerprint density at radius 1 is 1.14 bits per heavy atom. The van der Waals surface area contributed by atoms with Gasteiger partial charge in [0.15, 0.2) is 0 Å². The molecule has 1 rings (SSSR count). The van der Waals surface area contributed by atoms with Gasteiger partial charge in [-0.15, -0.1) is 0 Å². The van der Waals surface area contributed by atoms with E-state index in [1.54, 1.807) is 12.1 Å². The average Bonchev–Trinajstić information content (AvgIpc) is 2.07. The Morgan fingerprint density at radius 3 is 2.21 bits per heavy atom. The second-order valence-electron chi connectivity index (χ2n) is 4.18. The van der Waals surface area contributed by atoms with Crippen molar-refractivity contribution in [3.8, 4) is 0 Å². The lowest BCUT2D eigenvalue weighted by atomic mass is 10.1. The van der Waals surface area contributed by atoms with Gasteiger partial charge < -0.3 is 5.32 Å². The molecule has 2 heteroatoms. The predicted octanol–water partition coefficient (Wildman–Crippen LogP) is 3.67. The summed E-state index contributed by atoms with van der Waals surface area (Å²) in [5.74, 6) is 0.491. The molecule has 1 atom stereocenters. The summed E-state index contributed by atoms with van der Waals surface area (Å²) in [4.78, 5) is 0. The van der Waals surface area contributed by atoms with Gasteiger partial charge >= 0.3 is 0 Å². The molecular formula is C12H18FN. The van der Waals surface area contributed by atoms with E-state index >= 15 is 0 Å². The summed E-state index contributed by atoms with van der Waals surface area (Å²) in [6, 6.07) is 6.92. The number of hydrogen-bond donors (Lipinski definition) is 1. The van der Waals surface area contributed by atoms with Crippen LogP contribution in [0.1, 0.15) is 27.2 Å². The molecule has 0 heterocycles. The third kappa shape index (κ3) is 3.77. The first-order valence-corrected chi connectivity index (χ1v) is 5.10. The summed E-state index contributed by atoms with van der Waals surface area (Å²) in [6.45, 7) is 6.54. The van der Waals surface area contributed by atoms with E-state index in [1.807, 2.05) is 0 Å². The number of hydrogen-bond acceptors (Lipinski definition) is 1. The molecule has 0 aromatic heterocycles. The summed E-state index contributed by atoms with van der Waals surface area (Å²) < 4.78 is 12.6. The van der Waals surface area contributed by atoms with Crippen LogP contribution in [0.5, 0.6) is 0 Å². The van der Waals surface area contributed by atoms with Gasteiger partial charge in [-0.05, 0) is 43.5 Å². The highest BCUT2D eigenvalue weighted by atomic mass is 19.1. The fraction of sp³-hybridized carbons (Fsp3) is 0.500. The molecule has 0 fully saturated rings. The van der Waals surface area contributed by atoms with Crippen LogP contribution in [0, 0.1) is 11.7 Å². The Balaban J connectivity index is 2.47. The number of rotatable bonds is 4. The van der Waals surface area contributed by atoms with E-state index in [1.165, 1.54) is 12.1 Å². The quantitative estimate of drug-likeness (QED) is 0.773. The Bertz CT molecular complexity index is 266. The highest BCUT2D eigenvalue weighted by Gasteiger charge is 2.04. The molecule has 0 bridgehead atoms. The number of benzene rings is 1. The van der Waals surface area contributed by atoms with Gasteiger partial charge in [0.1, 0.15) is 5.82 Å². The Morgan fingerprint density at radius 2 is 1.71 bits per heavy atom. The molecule has 0 radical (unpaired) electrons.